The van der Waals surface area contributed by atoms with Crippen LogP contribution in [-0.2, 0) is 14.3 Å². The Hall–Kier alpha value is -0.650. The largest absolute Gasteiger partial charge is 0.393 e. The van der Waals surface area contributed by atoms with Gasteiger partial charge in [0.1, 0.15) is 6.61 Å². The van der Waals surface area contributed by atoms with Gasteiger partial charge in [-0.2, -0.15) is 0 Å². The van der Waals surface area contributed by atoms with Crippen molar-refractivity contribution >= 4 is 5.91 Å². The number of carbonyl (C=O) groups is 1. The summed E-state index contributed by atoms with van der Waals surface area (Å²) in [6.45, 7) is 2.66. The van der Waals surface area contributed by atoms with Crippen molar-refractivity contribution in [3.8, 4) is 0 Å². The summed E-state index contributed by atoms with van der Waals surface area (Å²) in [6, 6.07) is 0.0262. The summed E-state index contributed by atoms with van der Waals surface area (Å²) in [7, 11) is 0. The average molecular weight is 283 g/mol. The Kier molecular flexibility index (Phi) is 4.58. The van der Waals surface area contributed by atoms with Crippen LogP contribution < -0.4 is 0 Å². The van der Waals surface area contributed by atoms with Crippen LogP contribution in [0.5, 0.6) is 0 Å². The Bertz CT molecular complexity index is 345. The summed E-state index contributed by atoms with van der Waals surface area (Å²) in [5.74, 6) is 0.903. The Morgan fingerprint density at radius 1 is 1.30 bits per heavy atom. The van der Waals surface area contributed by atoms with E-state index in [-0.39, 0.29) is 30.6 Å². The third-order valence-corrected chi connectivity index (χ3v) is 4.79. The molecule has 3 rings (SSSR count). The smallest absolute Gasteiger partial charge is 0.248 e. The summed E-state index contributed by atoms with van der Waals surface area (Å²) in [5, 5.41) is 10.1. The summed E-state index contributed by atoms with van der Waals surface area (Å²) in [5.41, 5.74) is 0. The van der Waals surface area contributed by atoms with Crippen molar-refractivity contribution in [3.05, 3.63) is 0 Å². The van der Waals surface area contributed by atoms with Gasteiger partial charge in [-0.15, -0.1) is 0 Å². The van der Waals surface area contributed by atoms with Crippen LogP contribution in [-0.4, -0.2) is 61.0 Å². The molecule has 1 heterocycles. The van der Waals surface area contributed by atoms with Gasteiger partial charge in [-0.25, -0.2) is 0 Å². The third-order valence-electron chi connectivity index (χ3n) is 4.79. The number of morpholine rings is 1. The van der Waals surface area contributed by atoms with E-state index in [1.165, 1.54) is 12.8 Å². The van der Waals surface area contributed by atoms with E-state index in [2.05, 4.69) is 0 Å². The van der Waals surface area contributed by atoms with Gasteiger partial charge >= 0.3 is 0 Å². The molecule has 1 saturated heterocycles. The van der Waals surface area contributed by atoms with Crippen molar-refractivity contribution < 1.29 is 19.4 Å². The third kappa shape index (κ3) is 3.32. The lowest BCUT2D eigenvalue weighted by Crippen LogP contribution is -2.54. The number of hydrogen-bond donors (Lipinski definition) is 1. The molecule has 3 atom stereocenters. The summed E-state index contributed by atoms with van der Waals surface area (Å²) >= 11 is 0. The van der Waals surface area contributed by atoms with Crippen LogP contribution in [0.2, 0.25) is 0 Å². The van der Waals surface area contributed by atoms with E-state index >= 15 is 0 Å². The number of rotatable bonds is 5. The second kappa shape index (κ2) is 6.41. The van der Waals surface area contributed by atoms with Gasteiger partial charge in [-0.3, -0.25) is 4.79 Å². The molecule has 2 aliphatic carbocycles. The van der Waals surface area contributed by atoms with E-state index in [1.54, 1.807) is 0 Å². The van der Waals surface area contributed by atoms with Gasteiger partial charge in [-0.05, 0) is 31.6 Å². The standard InChI is InChI=1S/C15H25NO4/c17-14-3-1-2-12(14)13-9-19-7-6-16(13)15(18)10-20-8-11-4-5-11/h11-14,17H,1-10H2/t12-,13+,14+/m0/s1. The molecule has 3 fully saturated rings. The molecule has 5 nitrogen and oxygen atoms in total. The minimum atomic E-state index is -0.288. The molecule has 1 aliphatic heterocycles. The number of nitrogens with zero attached hydrogens (tertiary/aromatic N) is 1. The molecule has 1 N–H and O–H groups in total. The molecule has 0 aromatic rings. The van der Waals surface area contributed by atoms with Crippen molar-refractivity contribution in [2.75, 3.05) is 33.0 Å². The summed E-state index contributed by atoms with van der Waals surface area (Å²) < 4.78 is 11.0. The second-order valence-electron chi connectivity index (χ2n) is 6.35. The van der Waals surface area contributed by atoms with Crippen LogP contribution in [0.15, 0.2) is 0 Å². The number of carbonyl (C=O) groups excluding carboxylic acids is 1. The summed E-state index contributed by atoms with van der Waals surface area (Å²) in [6.07, 6.45) is 5.07. The first kappa shape index (κ1) is 14.3. The first-order valence-corrected chi connectivity index (χ1v) is 7.88. The fraction of sp³-hybridized carbons (Fsp3) is 0.933. The van der Waals surface area contributed by atoms with Gasteiger partial charge in [-0.1, -0.05) is 6.42 Å². The summed E-state index contributed by atoms with van der Waals surface area (Å²) in [4.78, 5) is 14.2. The molecule has 20 heavy (non-hydrogen) atoms. The monoisotopic (exact) mass is 283 g/mol. The van der Waals surface area contributed by atoms with Gasteiger partial charge in [0, 0.05) is 12.5 Å². The quantitative estimate of drug-likeness (QED) is 0.811. The van der Waals surface area contributed by atoms with E-state index in [4.69, 9.17) is 9.47 Å². The van der Waals surface area contributed by atoms with Gasteiger partial charge < -0.3 is 19.5 Å². The van der Waals surface area contributed by atoms with Crippen molar-refractivity contribution in [2.45, 2.75) is 44.2 Å². The van der Waals surface area contributed by atoms with Crippen LogP contribution in [0.25, 0.3) is 0 Å². The predicted octanol–water partition coefficient (Wildman–Crippen LogP) is 0.801. The van der Waals surface area contributed by atoms with Crippen LogP contribution in [0.1, 0.15) is 32.1 Å². The Morgan fingerprint density at radius 3 is 2.85 bits per heavy atom. The van der Waals surface area contributed by atoms with Crippen molar-refractivity contribution in [2.24, 2.45) is 11.8 Å². The minimum Gasteiger partial charge on any atom is -0.393 e. The van der Waals surface area contributed by atoms with Crippen LogP contribution in [0.3, 0.4) is 0 Å². The number of hydrogen-bond acceptors (Lipinski definition) is 4. The molecule has 1 amide bonds. The topological polar surface area (TPSA) is 59.0 Å². The molecule has 0 aromatic carbocycles. The molecular weight excluding hydrogens is 258 g/mol. The van der Waals surface area contributed by atoms with Crippen molar-refractivity contribution in [3.63, 3.8) is 0 Å². The first-order chi connectivity index (χ1) is 9.75. The number of aliphatic hydroxyl groups excluding tert-OH is 1. The van der Waals surface area contributed by atoms with E-state index in [1.807, 2.05) is 4.90 Å². The maximum absolute atomic E-state index is 12.3. The number of amides is 1. The predicted molar refractivity (Wildman–Crippen MR) is 73.2 cm³/mol. The number of aliphatic hydroxyl groups is 1. The van der Waals surface area contributed by atoms with Crippen molar-refractivity contribution in [1.29, 1.82) is 0 Å². The SMILES string of the molecule is O=C(COCC1CC1)N1CCOC[C@@H]1[C@@H]1CCC[C@H]1O. The minimum absolute atomic E-state index is 0.0262. The van der Waals surface area contributed by atoms with Gasteiger partial charge in [0.25, 0.3) is 0 Å². The van der Waals surface area contributed by atoms with Crippen LogP contribution >= 0.6 is 0 Å². The average Bonchev–Trinajstić information content (AvgIpc) is 3.19. The molecule has 0 bridgehead atoms. The zero-order valence-corrected chi connectivity index (χ0v) is 12.0. The number of ether oxygens (including phenoxy) is 2. The lowest BCUT2D eigenvalue weighted by atomic mass is 9.94. The van der Waals surface area contributed by atoms with Gasteiger partial charge in [0.15, 0.2) is 0 Å². The van der Waals surface area contributed by atoms with E-state index < -0.39 is 0 Å². The highest BCUT2D eigenvalue weighted by Gasteiger charge is 2.39. The van der Waals surface area contributed by atoms with Crippen LogP contribution in [0.4, 0.5) is 0 Å². The molecule has 3 aliphatic rings. The second-order valence-corrected chi connectivity index (χ2v) is 6.35. The highest BCUT2D eigenvalue weighted by atomic mass is 16.5. The van der Waals surface area contributed by atoms with Crippen molar-refractivity contribution in [1.82, 2.24) is 4.90 Å². The molecule has 0 unspecified atom stereocenters. The highest BCUT2D eigenvalue weighted by molar-refractivity contribution is 5.78. The maximum atomic E-state index is 12.3. The Morgan fingerprint density at radius 2 is 2.15 bits per heavy atom. The molecule has 114 valence electrons. The fourth-order valence-electron chi connectivity index (χ4n) is 3.39. The lowest BCUT2D eigenvalue weighted by molar-refractivity contribution is -0.148. The van der Waals surface area contributed by atoms with Crippen LogP contribution in [0, 0.1) is 11.8 Å². The zero-order valence-electron chi connectivity index (χ0n) is 12.0. The molecule has 0 spiro atoms. The highest BCUT2D eigenvalue weighted by Crippen LogP contribution is 2.32. The first-order valence-electron chi connectivity index (χ1n) is 7.88. The molecular formula is C15H25NO4. The van der Waals surface area contributed by atoms with Gasteiger partial charge in [0.2, 0.25) is 5.91 Å². The Balaban J connectivity index is 1.54. The molecule has 0 aromatic heterocycles. The lowest BCUT2D eigenvalue weighted by Gasteiger charge is -2.40. The molecule has 2 saturated carbocycles. The molecule has 5 heteroatoms. The normalized spacial score (nSPS) is 34.5. The Labute approximate surface area is 120 Å². The fourth-order valence-corrected chi connectivity index (χ4v) is 3.39. The van der Waals surface area contributed by atoms with E-state index in [0.29, 0.717) is 32.3 Å². The zero-order chi connectivity index (χ0) is 13.9. The van der Waals surface area contributed by atoms with E-state index in [0.717, 1.165) is 19.3 Å². The van der Waals surface area contributed by atoms with Gasteiger partial charge in [0.05, 0.1) is 32.0 Å². The maximum Gasteiger partial charge on any atom is 0.248 e. The van der Waals surface area contributed by atoms with E-state index in [9.17, 15) is 9.90 Å². The molecule has 0 radical (unpaired) electrons.